The van der Waals surface area contributed by atoms with E-state index in [0.717, 1.165) is 17.9 Å². The summed E-state index contributed by atoms with van der Waals surface area (Å²) in [4.78, 5) is 4.64. The van der Waals surface area contributed by atoms with Crippen molar-refractivity contribution in [3.63, 3.8) is 0 Å². The van der Waals surface area contributed by atoms with Gasteiger partial charge in [0.05, 0.1) is 11.4 Å². The molecule has 0 saturated carbocycles. The predicted octanol–water partition coefficient (Wildman–Crippen LogP) is 4.01. The van der Waals surface area contributed by atoms with Crippen LogP contribution in [0.2, 0.25) is 0 Å². The van der Waals surface area contributed by atoms with Gasteiger partial charge in [-0.3, -0.25) is 0 Å². The maximum absolute atomic E-state index is 14.1. The fourth-order valence-corrected chi connectivity index (χ4v) is 3.79. The summed E-state index contributed by atoms with van der Waals surface area (Å²) in [5.74, 6) is -0.586. The summed E-state index contributed by atoms with van der Waals surface area (Å²) in [5, 5.41) is 5.87. The number of rotatable bonds is 8. The predicted molar refractivity (Wildman–Crippen MR) is 124 cm³/mol. The highest BCUT2D eigenvalue weighted by Gasteiger charge is 2.14. The zero-order valence-electron chi connectivity index (χ0n) is 17.3. The van der Waals surface area contributed by atoms with Gasteiger partial charge in [-0.2, -0.15) is 8.78 Å². The Bertz CT molecular complexity index is 1020. The number of ether oxygens (including phenoxy) is 1. The minimum atomic E-state index is -3.31. The zero-order chi connectivity index (χ0) is 22.3. The number of nitrogens with one attached hydrogen (secondary N) is 2. The number of benzene rings is 2. The van der Waals surface area contributed by atoms with Gasteiger partial charge >= 0.3 is 6.61 Å². The number of alkyl halides is 2. The molecule has 0 spiro atoms. The number of hydrogen-bond acceptors (Lipinski definition) is 4. The number of nitrogens with zero attached hydrogens (tertiary/aromatic N) is 1. The molecule has 2 N–H and O–H groups in total. The molecular formula is C20H25F3IN3O3S. The first kappa shape index (κ1) is 27.0. The standard InChI is InChI=1S/C20H24F3N3O3S.HI/c1-4-24-20(25-11-14-8-9-18(13(2)10-14)30(3,27)28)26-12-15-16(21)6-5-7-17(15)29-19(22)23;/h5-10,19H,4,11-12H2,1-3H3,(H2,24,25,26);1H. The summed E-state index contributed by atoms with van der Waals surface area (Å²) >= 11 is 0. The van der Waals surface area contributed by atoms with E-state index in [9.17, 15) is 21.6 Å². The third kappa shape index (κ3) is 8.20. The van der Waals surface area contributed by atoms with E-state index < -0.39 is 22.3 Å². The molecule has 0 saturated heterocycles. The number of aryl methyl sites for hydroxylation is 1. The minimum absolute atomic E-state index is 0. The van der Waals surface area contributed by atoms with Crippen LogP contribution >= 0.6 is 24.0 Å². The van der Waals surface area contributed by atoms with Crippen molar-refractivity contribution in [2.75, 3.05) is 12.8 Å². The van der Waals surface area contributed by atoms with E-state index >= 15 is 0 Å². The van der Waals surface area contributed by atoms with Crippen molar-refractivity contribution in [2.24, 2.45) is 4.99 Å². The molecule has 0 aliphatic carbocycles. The topological polar surface area (TPSA) is 79.8 Å². The largest absolute Gasteiger partial charge is 0.434 e. The average Bonchev–Trinajstić information content (AvgIpc) is 2.64. The molecule has 31 heavy (non-hydrogen) atoms. The molecule has 0 heterocycles. The quantitative estimate of drug-likeness (QED) is 0.285. The Balaban J connectivity index is 0.00000480. The molecule has 0 bridgehead atoms. The molecule has 0 aliphatic heterocycles. The number of aliphatic imine (C=N–C) groups is 1. The molecular weight excluding hydrogens is 546 g/mol. The van der Waals surface area contributed by atoms with Crippen LogP contribution < -0.4 is 15.4 Å². The highest BCUT2D eigenvalue weighted by atomic mass is 127. The summed E-state index contributed by atoms with van der Waals surface area (Å²) in [5.41, 5.74) is 1.35. The van der Waals surface area contributed by atoms with Gasteiger partial charge in [0.15, 0.2) is 15.8 Å². The molecule has 2 aromatic rings. The number of hydrogen-bond donors (Lipinski definition) is 2. The highest BCUT2D eigenvalue weighted by Crippen LogP contribution is 2.23. The van der Waals surface area contributed by atoms with Crippen LogP contribution in [0.5, 0.6) is 5.75 Å². The summed E-state index contributed by atoms with van der Waals surface area (Å²) in [6, 6.07) is 8.65. The van der Waals surface area contributed by atoms with Crippen molar-refractivity contribution in [3.05, 3.63) is 58.9 Å². The number of sulfone groups is 1. The van der Waals surface area contributed by atoms with Crippen LogP contribution in [0, 0.1) is 12.7 Å². The number of guanidine groups is 1. The molecule has 0 fully saturated rings. The lowest BCUT2D eigenvalue weighted by Crippen LogP contribution is -2.37. The van der Waals surface area contributed by atoms with E-state index in [4.69, 9.17) is 0 Å². The van der Waals surface area contributed by atoms with E-state index in [1.54, 1.807) is 19.1 Å². The smallest absolute Gasteiger partial charge is 0.387 e. The molecule has 0 aliphatic rings. The van der Waals surface area contributed by atoms with Crippen molar-refractivity contribution in [2.45, 2.75) is 38.4 Å². The lowest BCUT2D eigenvalue weighted by atomic mass is 10.1. The van der Waals surface area contributed by atoms with Crippen molar-refractivity contribution in [3.8, 4) is 5.75 Å². The second kappa shape index (κ2) is 12.1. The lowest BCUT2D eigenvalue weighted by Gasteiger charge is -2.15. The Morgan fingerprint density at radius 3 is 2.48 bits per heavy atom. The van der Waals surface area contributed by atoms with Gasteiger partial charge in [0, 0.05) is 24.9 Å². The van der Waals surface area contributed by atoms with Crippen LogP contribution in [0.1, 0.15) is 23.6 Å². The fourth-order valence-electron chi connectivity index (χ4n) is 2.83. The molecule has 0 unspecified atom stereocenters. The SMILES string of the molecule is CCNC(=NCc1ccc(S(C)(=O)=O)c(C)c1)NCc1c(F)cccc1OC(F)F.I. The molecule has 172 valence electrons. The van der Waals surface area contributed by atoms with Crippen LogP contribution in [0.4, 0.5) is 13.2 Å². The Labute approximate surface area is 197 Å². The summed E-state index contributed by atoms with van der Waals surface area (Å²) in [7, 11) is -3.31. The van der Waals surface area contributed by atoms with Gasteiger partial charge in [-0.05, 0) is 43.2 Å². The summed E-state index contributed by atoms with van der Waals surface area (Å²) < 4.78 is 67.0. The van der Waals surface area contributed by atoms with E-state index in [1.807, 2.05) is 6.92 Å². The maximum atomic E-state index is 14.1. The fraction of sp³-hybridized carbons (Fsp3) is 0.350. The van der Waals surface area contributed by atoms with Crippen molar-refractivity contribution < 1.29 is 26.3 Å². The van der Waals surface area contributed by atoms with Crippen molar-refractivity contribution in [1.82, 2.24) is 10.6 Å². The summed E-state index contributed by atoms with van der Waals surface area (Å²) in [6.45, 7) is 1.12. The first-order valence-electron chi connectivity index (χ1n) is 9.15. The minimum Gasteiger partial charge on any atom is -0.434 e. The van der Waals surface area contributed by atoms with Gasteiger partial charge in [-0.1, -0.05) is 18.2 Å². The Morgan fingerprint density at radius 1 is 1.19 bits per heavy atom. The molecule has 6 nitrogen and oxygen atoms in total. The molecule has 0 atom stereocenters. The first-order valence-corrected chi connectivity index (χ1v) is 11.0. The molecule has 0 aromatic heterocycles. The van der Waals surface area contributed by atoms with Crippen LogP contribution in [0.15, 0.2) is 46.3 Å². The van der Waals surface area contributed by atoms with Gasteiger partial charge in [0.1, 0.15) is 11.6 Å². The van der Waals surface area contributed by atoms with Gasteiger partial charge in [-0.25, -0.2) is 17.8 Å². The normalized spacial score (nSPS) is 11.8. The van der Waals surface area contributed by atoms with Crippen LogP contribution in [-0.4, -0.2) is 33.8 Å². The van der Waals surface area contributed by atoms with E-state index in [1.165, 1.54) is 18.2 Å². The second-order valence-electron chi connectivity index (χ2n) is 6.52. The Hall–Kier alpha value is -2.02. The van der Waals surface area contributed by atoms with Crippen LogP contribution in [0.25, 0.3) is 0 Å². The highest BCUT2D eigenvalue weighted by molar-refractivity contribution is 14.0. The summed E-state index contributed by atoms with van der Waals surface area (Å²) in [6.07, 6.45) is 1.15. The molecule has 11 heteroatoms. The van der Waals surface area contributed by atoms with Crippen LogP contribution in [0.3, 0.4) is 0 Å². The third-order valence-corrected chi connectivity index (χ3v) is 5.38. The third-order valence-electron chi connectivity index (χ3n) is 4.13. The Kier molecular flexibility index (Phi) is 10.6. The van der Waals surface area contributed by atoms with Crippen LogP contribution in [-0.2, 0) is 22.9 Å². The molecule has 2 aromatic carbocycles. The lowest BCUT2D eigenvalue weighted by molar-refractivity contribution is -0.0506. The maximum Gasteiger partial charge on any atom is 0.387 e. The van der Waals surface area contributed by atoms with Crippen molar-refractivity contribution >= 4 is 39.8 Å². The molecule has 0 amide bonds. The average molecular weight is 571 g/mol. The second-order valence-corrected chi connectivity index (χ2v) is 8.50. The monoisotopic (exact) mass is 571 g/mol. The number of halogens is 4. The molecule has 2 rings (SSSR count). The Morgan fingerprint density at radius 2 is 1.90 bits per heavy atom. The van der Waals surface area contributed by atoms with E-state index in [-0.39, 0.29) is 53.3 Å². The van der Waals surface area contributed by atoms with E-state index in [0.29, 0.717) is 18.1 Å². The molecule has 0 radical (unpaired) electrons. The van der Waals surface area contributed by atoms with E-state index in [2.05, 4.69) is 20.4 Å². The van der Waals surface area contributed by atoms with Gasteiger partial charge in [-0.15, -0.1) is 24.0 Å². The zero-order valence-corrected chi connectivity index (χ0v) is 20.4. The first-order chi connectivity index (χ1) is 14.1. The van der Waals surface area contributed by atoms with Crippen molar-refractivity contribution in [1.29, 1.82) is 0 Å². The van der Waals surface area contributed by atoms with Gasteiger partial charge < -0.3 is 15.4 Å². The van der Waals surface area contributed by atoms with Gasteiger partial charge in [0.25, 0.3) is 0 Å². The van der Waals surface area contributed by atoms with Gasteiger partial charge in [0.2, 0.25) is 0 Å².